The number of nitrogens with one attached hydrogen (secondary N) is 2. The topological polar surface area (TPSA) is 54.1 Å². The molecule has 2 N–H and O–H groups in total. The van der Waals surface area contributed by atoms with Crippen LogP contribution in [0.25, 0.3) is 0 Å². The summed E-state index contributed by atoms with van der Waals surface area (Å²) < 4.78 is 5.37. The number of rotatable bonds is 4. The Balaban J connectivity index is 2.15. The van der Waals surface area contributed by atoms with Gasteiger partial charge in [0.2, 0.25) is 5.56 Å². The molecule has 1 aromatic heterocycles. The number of aromatic nitrogens is 1. The molecule has 0 bridgehead atoms. The smallest absolute Gasteiger partial charge is 0.250 e. The SMILES string of the molecule is CCOc1ccc(Nc2cc(C)[nH]c(=O)c2)cc1. The van der Waals surface area contributed by atoms with Crippen LogP contribution in [0.15, 0.2) is 41.2 Å². The van der Waals surface area contributed by atoms with E-state index in [1.807, 2.05) is 44.2 Å². The van der Waals surface area contributed by atoms with Crippen molar-refractivity contribution in [2.45, 2.75) is 13.8 Å². The van der Waals surface area contributed by atoms with E-state index in [9.17, 15) is 4.79 Å². The van der Waals surface area contributed by atoms with Gasteiger partial charge in [0.05, 0.1) is 6.61 Å². The highest BCUT2D eigenvalue weighted by Gasteiger charge is 1.98. The third-order valence-electron chi connectivity index (χ3n) is 2.43. The summed E-state index contributed by atoms with van der Waals surface area (Å²) >= 11 is 0. The number of ether oxygens (including phenoxy) is 1. The zero-order valence-electron chi connectivity index (χ0n) is 10.5. The van der Waals surface area contributed by atoms with Crippen molar-refractivity contribution in [2.75, 3.05) is 11.9 Å². The maximum atomic E-state index is 11.3. The number of aryl methyl sites for hydroxylation is 1. The molecule has 0 saturated carbocycles. The van der Waals surface area contributed by atoms with E-state index in [1.165, 1.54) is 6.07 Å². The first kappa shape index (κ1) is 12.2. The first-order valence-electron chi connectivity index (χ1n) is 5.88. The molecule has 0 unspecified atom stereocenters. The van der Waals surface area contributed by atoms with Gasteiger partial charge in [-0.2, -0.15) is 0 Å². The van der Waals surface area contributed by atoms with Gasteiger partial charge in [-0.05, 0) is 44.2 Å². The minimum atomic E-state index is -0.108. The number of hydrogen-bond acceptors (Lipinski definition) is 3. The summed E-state index contributed by atoms with van der Waals surface area (Å²) in [6.45, 7) is 4.45. The molecule has 94 valence electrons. The summed E-state index contributed by atoms with van der Waals surface area (Å²) in [5, 5.41) is 3.18. The van der Waals surface area contributed by atoms with Crippen molar-refractivity contribution < 1.29 is 4.74 Å². The molecule has 0 aliphatic heterocycles. The second-order valence-corrected chi connectivity index (χ2v) is 4.00. The highest BCUT2D eigenvalue weighted by molar-refractivity contribution is 5.60. The predicted molar refractivity (Wildman–Crippen MR) is 72.7 cm³/mol. The van der Waals surface area contributed by atoms with Crippen LogP contribution in [0.4, 0.5) is 11.4 Å². The molecule has 0 spiro atoms. The largest absolute Gasteiger partial charge is 0.494 e. The number of benzene rings is 1. The normalized spacial score (nSPS) is 10.1. The van der Waals surface area contributed by atoms with Gasteiger partial charge in [-0.3, -0.25) is 4.79 Å². The van der Waals surface area contributed by atoms with E-state index in [2.05, 4.69) is 10.3 Å². The molecule has 2 aromatic rings. The van der Waals surface area contributed by atoms with Crippen LogP contribution in [0.5, 0.6) is 5.75 Å². The van der Waals surface area contributed by atoms with Crippen molar-refractivity contribution in [3.05, 3.63) is 52.4 Å². The zero-order chi connectivity index (χ0) is 13.0. The second-order valence-electron chi connectivity index (χ2n) is 4.00. The number of aromatic amines is 1. The first-order valence-corrected chi connectivity index (χ1v) is 5.88. The highest BCUT2D eigenvalue weighted by atomic mass is 16.5. The zero-order valence-corrected chi connectivity index (χ0v) is 10.5. The van der Waals surface area contributed by atoms with Crippen LogP contribution in [0.2, 0.25) is 0 Å². The van der Waals surface area contributed by atoms with Gasteiger partial charge in [-0.15, -0.1) is 0 Å². The van der Waals surface area contributed by atoms with E-state index in [1.54, 1.807) is 0 Å². The number of H-pyrrole nitrogens is 1. The lowest BCUT2D eigenvalue weighted by molar-refractivity contribution is 0.340. The number of anilines is 2. The lowest BCUT2D eigenvalue weighted by Gasteiger charge is -2.08. The maximum absolute atomic E-state index is 11.3. The molecular formula is C14H16N2O2. The number of pyridine rings is 1. The molecular weight excluding hydrogens is 228 g/mol. The third-order valence-corrected chi connectivity index (χ3v) is 2.43. The first-order chi connectivity index (χ1) is 8.67. The molecule has 1 heterocycles. The van der Waals surface area contributed by atoms with Crippen molar-refractivity contribution in [3.63, 3.8) is 0 Å². The van der Waals surface area contributed by atoms with Gasteiger partial charge in [0.15, 0.2) is 0 Å². The molecule has 0 aliphatic carbocycles. The van der Waals surface area contributed by atoms with E-state index in [0.29, 0.717) is 6.61 Å². The van der Waals surface area contributed by atoms with Crippen LogP contribution in [0, 0.1) is 6.92 Å². The van der Waals surface area contributed by atoms with Gasteiger partial charge in [0, 0.05) is 23.1 Å². The molecule has 18 heavy (non-hydrogen) atoms. The Bertz CT molecular complexity index is 573. The number of hydrogen-bond donors (Lipinski definition) is 2. The molecule has 4 nitrogen and oxygen atoms in total. The van der Waals surface area contributed by atoms with Crippen molar-refractivity contribution in [1.82, 2.24) is 4.98 Å². The molecule has 0 radical (unpaired) electrons. The summed E-state index contributed by atoms with van der Waals surface area (Å²) in [7, 11) is 0. The van der Waals surface area contributed by atoms with Gasteiger partial charge in [-0.1, -0.05) is 0 Å². The quantitative estimate of drug-likeness (QED) is 0.869. The van der Waals surface area contributed by atoms with Crippen LogP contribution in [0.3, 0.4) is 0 Å². The Hall–Kier alpha value is -2.23. The third kappa shape index (κ3) is 3.13. The van der Waals surface area contributed by atoms with Crippen LogP contribution >= 0.6 is 0 Å². The van der Waals surface area contributed by atoms with Crippen molar-refractivity contribution >= 4 is 11.4 Å². The van der Waals surface area contributed by atoms with Crippen molar-refractivity contribution in [3.8, 4) is 5.75 Å². The average Bonchev–Trinajstić information content (AvgIpc) is 2.31. The molecule has 4 heteroatoms. The second kappa shape index (κ2) is 5.40. The molecule has 0 atom stereocenters. The van der Waals surface area contributed by atoms with Gasteiger partial charge in [0.25, 0.3) is 0 Å². The summed E-state index contributed by atoms with van der Waals surface area (Å²) in [6, 6.07) is 11.0. The average molecular weight is 244 g/mol. The maximum Gasteiger partial charge on any atom is 0.250 e. The monoisotopic (exact) mass is 244 g/mol. The van der Waals surface area contributed by atoms with E-state index >= 15 is 0 Å². The minimum Gasteiger partial charge on any atom is -0.494 e. The Morgan fingerprint density at radius 3 is 2.50 bits per heavy atom. The highest BCUT2D eigenvalue weighted by Crippen LogP contribution is 2.19. The van der Waals surface area contributed by atoms with Crippen LogP contribution in [-0.4, -0.2) is 11.6 Å². The summed E-state index contributed by atoms with van der Waals surface area (Å²) in [4.78, 5) is 14.0. The molecule has 0 aliphatic rings. The van der Waals surface area contributed by atoms with Crippen molar-refractivity contribution in [1.29, 1.82) is 0 Å². The van der Waals surface area contributed by atoms with E-state index in [0.717, 1.165) is 22.8 Å². The van der Waals surface area contributed by atoms with E-state index in [4.69, 9.17) is 4.74 Å². The van der Waals surface area contributed by atoms with E-state index in [-0.39, 0.29) is 5.56 Å². The van der Waals surface area contributed by atoms with E-state index < -0.39 is 0 Å². The fourth-order valence-corrected chi connectivity index (χ4v) is 1.72. The van der Waals surface area contributed by atoms with Crippen LogP contribution in [-0.2, 0) is 0 Å². The molecule has 0 fully saturated rings. The van der Waals surface area contributed by atoms with Gasteiger partial charge < -0.3 is 15.0 Å². The Morgan fingerprint density at radius 1 is 1.17 bits per heavy atom. The fourth-order valence-electron chi connectivity index (χ4n) is 1.72. The lowest BCUT2D eigenvalue weighted by Crippen LogP contribution is -2.06. The van der Waals surface area contributed by atoms with Gasteiger partial charge >= 0.3 is 0 Å². The van der Waals surface area contributed by atoms with Gasteiger partial charge in [-0.25, -0.2) is 0 Å². The van der Waals surface area contributed by atoms with Gasteiger partial charge in [0.1, 0.15) is 5.75 Å². The van der Waals surface area contributed by atoms with Crippen LogP contribution in [0.1, 0.15) is 12.6 Å². The summed E-state index contributed by atoms with van der Waals surface area (Å²) in [5.74, 6) is 0.838. The Kier molecular flexibility index (Phi) is 3.67. The summed E-state index contributed by atoms with van der Waals surface area (Å²) in [6.07, 6.45) is 0. The lowest BCUT2D eigenvalue weighted by atomic mass is 10.2. The standard InChI is InChI=1S/C14H16N2O2/c1-3-18-13-6-4-11(5-7-13)16-12-8-10(2)15-14(17)9-12/h4-9H,3H2,1-2H3,(H2,15,16,17). The molecule has 0 saturated heterocycles. The molecule has 1 aromatic carbocycles. The van der Waals surface area contributed by atoms with Crippen molar-refractivity contribution in [2.24, 2.45) is 0 Å². The Morgan fingerprint density at radius 2 is 1.89 bits per heavy atom. The summed E-state index contributed by atoms with van der Waals surface area (Å²) in [5.41, 5.74) is 2.42. The molecule has 2 rings (SSSR count). The minimum absolute atomic E-state index is 0.108. The predicted octanol–water partition coefficient (Wildman–Crippen LogP) is 2.83. The Labute approximate surface area is 106 Å². The van der Waals surface area contributed by atoms with Crippen LogP contribution < -0.4 is 15.6 Å². The molecule has 0 amide bonds. The fraction of sp³-hybridized carbons (Fsp3) is 0.214.